The van der Waals surface area contributed by atoms with Crippen molar-refractivity contribution < 1.29 is 0 Å². The van der Waals surface area contributed by atoms with Gasteiger partial charge in [0.1, 0.15) is 0 Å². The zero-order valence-corrected chi connectivity index (χ0v) is 11.4. The second kappa shape index (κ2) is 7.11. The number of rotatable bonds is 6. The molecule has 0 aliphatic heterocycles. The highest BCUT2D eigenvalue weighted by molar-refractivity contribution is 4.98. The van der Waals surface area contributed by atoms with Crippen LogP contribution in [0, 0.1) is 11.8 Å². The Morgan fingerprint density at radius 3 is 2.44 bits per heavy atom. The van der Waals surface area contributed by atoms with Crippen LogP contribution in [0.1, 0.15) is 58.8 Å². The molecule has 0 spiro atoms. The highest BCUT2D eigenvalue weighted by atomic mass is 14.9. The molecule has 0 heterocycles. The summed E-state index contributed by atoms with van der Waals surface area (Å²) >= 11 is 0. The predicted molar refractivity (Wildman–Crippen MR) is 72.6 cm³/mol. The number of hydrogen-bond donors (Lipinski definition) is 1. The Balaban J connectivity index is 2.46. The minimum absolute atomic E-state index is 0.635. The molecule has 1 rings (SSSR count). The largest absolute Gasteiger partial charge is 0.316 e. The maximum absolute atomic E-state index is 4.15. The Kier molecular flexibility index (Phi) is 6.12. The predicted octanol–water partition coefficient (Wildman–Crippen LogP) is 4.15. The Morgan fingerprint density at radius 1 is 1.31 bits per heavy atom. The molecule has 0 saturated heterocycles. The van der Waals surface area contributed by atoms with Gasteiger partial charge in [0.2, 0.25) is 0 Å². The smallest absolute Gasteiger partial charge is 0.0129 e. The van der Waals surface area contributed by atoms with Crippen molar-refractivity contribution in [3.63, 3.8) is 0 Å². The van der Waals surface area contributed by atoms with E-state index in [1.54, 1.807) is 0 Å². The van der Waals surface area contributed by atoms with E-state index >= 15 is 0 Å². The molecule has 2 unspecified atom stereocenters. The summed E-state index contributed by atoms with van der Waals surface area (Å²) in [7, 11) is 2.10. The molecule has 0 aromatic rings. The molecule has 0 amide bonds. The summed E-state index contributed by atoms with van der Waals surface area (Å²) in [5.41, 5.74) is 1.39. The molecule has 1 aliphatic rings. The van der Waals surface area contributed by atoms with Crippen molar-refractivity contribution in [3.05, 3.63) is 12.2 Å². The van der Waals surface area contributed by atoms with Crippen LogP contribution in [0.4, 0.5) is 0 Å². The van der Waals surface area contributed by atoms with Crippen molar-refractivity contribution in [3.8, 4) is 0 Å². The van der Waals surface area contributed by atoms with Crippen LogP contribution in [-0.4, -0.2) is 13.1 Å². The third kappa shape index (κ3) is 3.93. The van der Waals surface area contributed by atoms with Crippen molar-refractivity contribution in [2.24, 2.45) is 11.8 Å². The summed E-state index contributed by atoms with van der Waals surface area (Å²) in [5.74, 6) is 1.74. The number of nitrogens with one attached hydrogen (secondary N) is 1. The van der Waals surface area contributed by atoms with E-state index in [0.717, 1.165) is 24.7 Å². The molecule has 1 fully saturated rings. The van der Waals surface area contributed by atoms with E-state index in [-0.39, 0.29) is 0 Å². The van der Waals surface area contributed by atoms with E-state index in [2.05, 4.69) is 32.8 Å². The van der Waals surface area contributed by atoms with Gasteiger partial charge in [0.15, 0.2) is 0 Å². The lowest BCUT2D eigenvalue weighted by molar-refractivity contribution is 0.214. The molecular formula is C15H29N. The van der Waals surface area contributed by atoms with Crippen LogP contribution in [0.15, 0.2) is 12.2 Å². The van der Waals surface area contributed by atoms with E-state index in [9.17, 15) is 0 Å². The van der Waals surface area contributed by atoms with Crippen molar-refractivity contribution in [2.75, 3.05) is 7.05 Å². The molecule has 1 N–H and O–H groups in total. The fraction of sp³-hybridized carbons (Fsp3) is 0.867. The van der Waals surface area contributed by atoms with Crippen LogP contribution in [0.3, 0.4) is 0 Å². The summed E-state index contributed by atoms with van der Waals surface area (Å²) < 4.78 is 0. The highest BCUT2D eigenvalue weighted by Gasteiger charge is 2.26. The molecule has 1 nitrogen and oxygen atoms in total. The molecule has 0 aromatic heterocycles. The minimum atomic E-state index is 0.635. The average molecular weight is 223 g/mol. The summed E-state index contributed by atoms with van der Waals surface area (Å²) in [6.07, 6.45) is 9.51. The van der Waals surface area contributed by atoms with Crippen molar-refractivity contribution in [1.29, 1.82) is 0 Å². The fourth-order valence-electron chi connectivity index (χ4n) is 2.99. The molecule has 2 atom stereocenters. The Hall–Kier alpha value is -0.300. The molecule has 0 bridgehead atoms. The van der Waals surface area contributed by atoms with Gasteiger partial charge in [-0.25, -0.2) is 0 Å². The molecule has 1 aliphatic carbocycles. The van der Waals surface area contributed by atoms with Crippen LogP contribution < -0.4 is 5.32 Å². The van der Waals surface area contributed by atoms with E-state index < -0.39 is 0 Å². The van der Waals surface area contributed by atoms with Gasteiger partial charge in [0, 0.05) is 6.04 Å². The Morgan fingerprint density at radius 2 is 1.94 bits per heavy atom. The molecule has 0 radical (unpaired) electrons. The van der Waals surface area contributed by atoms with Gasteiger partial charge in [-0.2, -0.15) is 0 Å². The molecule has 16 heavy (non-hydrogen) atoms. The SMILES string of the molecule is C=C(CC)CC(NC)C(C)C1CCCCC1. The first kappa shape index (κ1) is 13.8. The third-order valence-corrected chi connectivity index (χ3v) is 4.41. The molecule has 94 valence electrons. The molecular weight excluding hydrogens is 194 g/mol. The summed E-state index contributed by atoms with van der Waals surface area (Å²) in [6.45, 7) is 8.79. The molecule has 0 aromatic carbocycles. The zero-order valence-electron chi connectivity index (χ0n) is 11.4. The maximum Gasteiger partial charge on any atom is 0.0129 e. The number of hydrogen-bond acceptors (Lipinski definition) is 1. The monoisotopic (exact) mass is 223 g/mol. The maximum atomic E-state index is 4.15. The van der Waals surface area contributed by atoms with E-state index in [1.807, 2.05) is 0 Å². The zero-order chi connectivity index (χ0) is 12.0. The first-order valence-electron chi connectivity index (χ1n) is 7.03. The van der Waals surface area contributed by atoms with Gasteiger partial charge in [-0.05, 0) is 31.7 Å². The van der Waals surface area contributed by atoms with E-state index in [4.69, 9.17) is 0 Å². The Bertz CT molecular complexity index is 203. The normalized spacial score (nSPS) is 21.7. The van der Waals surface area contributed by atoms with E-state index in [0.29, 0.717) is 6.04 Å². The fourth-order valence-corrected chi connectivity index (χ4v) is 2.99. The third-order valence-electron chi connectivity index (χ3n) is 4.41. The first-order chi connectivity index (χ1) is 7.69. The van der Waals surface area contributed by atoms with Crippen molar-refractivity contribution in [2.45, 2.75) is 64.8 Å². The van der Waals surface area contributed by atoms with Crippen molar-refractivity contribution in [1.82, 2.24) is 5.32 Å². The molecule has 1 heteroatoms. The van der Waals surface area contributed by atoms with Gasteiger partial charge in [-0.15, -0.1) is 0 Å². The van der Waals surface area contributed by atoms with Gasteiger partial charge in [-0.3, -0.25) is 0 Å². The lowest BCUT2D eigenvalue weighted by Gasteiger charge is -2.33. The van der Waals surface area contributed by atoms with Gasteiger partial charge in [0.25, 0.3) is 0 Å². The minimum Gasteiger partial charge on any atom is -0.316 e. The quantitative estimate of drug-likeness (QED) is 0.667. The second-order valence-corrected chi connectivity index (χ2v) is 5.46. The van der Waals surface area contributed by atoms with Crippen LogP contribution in [0.2, 0.25) is 0 Å². The highest BCUT2D eigenvalue weighted by Crippen LogP contribution is 2.33. The lowest BCUT2D eigenvalue weighted by atomic mass is 9.76. The van der Waals surface area contributed by atoms with Gasteiger partial charge >= 0.3 is 0 Å². The standard InChI is InChI=1S/C15H29N/c1-5-12(2)11-15(16-4)13(3)14-9-7-6-8-10-14/h13-16H,2,5-11H2,1,3-4H3. The van der Waals surface area contributed by atoms with Gasteiger partial charge in [-0.1, -0.05) is 58.1 Å². The van der Waals surface area contributed by atoms with E-state index in [1.165, 1.54) is 37.7 Å². The van der Waals surface area contributed by atoms with Crippen molar-refractivity contribution >= 4 is 0 Å². The lowest BCUT2D eigenvalue weighted by Crippen LogP contribution is -2.37. The summed E-state index contributed by atoms with van der Waals surface area (Å²) in [5, 5.41) is 3.50. The van der Waals surface area contributed by atoms with Crippen LogP contribution in [0.5, 0.6) is 0 Å². The topological polar surface area (TPSA) is 12.0 Å². The van der Waals surface area contributed by atoms with Crippen LogP contribution >= 0.6 is 0 Å². The van der Waals surface area contributed by atoms with Crippen LogP contribution in [0.25, 0.3) is 0 Å². The molecule has 1 saturated carbocycles. The average Bonchev–Trinajstić information content (AvgIpc) is 2.35. The van der Waals surface area contributed by atoms with Crippen LogP contribution in [-0.2, 0) is 0 Å². The summed E-state index contributed by atoms with van der Waals surface area (Å²) in [4.78, 5) is 0. The Labute approximate surface area is 102 Å². The summed E-state index contributed by atoms with van der Waals surface area (Å²) in [6, 6.07) is 0.635. The second-order valence-electron chi connectivity index (χ2n) is 5.46. The van der Waals surface area contributed by atoms with Gasteiger partial charge < -0.3 is 5.32 Å². The first-order valence-corrected chi connectivity index (χ1v) is 7.03. The van der Waals surface area contributed by atoms with Gasteiger partial charge in [0.05, 0.1) is 0 Å².